The van der Waals surface area contributed by atoms with Crippen LogP contribution >= 0.6 is 11.6 Å². The van der Waals surface area contributed by atoms with Crippen LogP contribution < -0.4 is 0 Å². The van der Waals surface area contributed by atoms with Gasteiger partial charge >= 0.3 is 0 Å². The van der Waals surface area contributed by atoms with E-state index in [2.05, 4.69) is 13.0 Å². The molecule has 0 N–H and O–H groups in total. The smallest absolute Gasteiger partial charge is 0.0740 e. The predicted octanol–water partition coefficient (Wildman–Crippen LogP) is 3.99. The van der Waals surface area contributed by atoms with Crippen LogP contribution in [0.1, 0.15) is 31.2 Å². The van der Waals surface area contributed by atoms with E-state index in [1.54, 1.807) is 0 Å². The first-order valence-electron chi connectivity index (χ1n) is 5.37. The highest BCUT2D eigenvalue weighted by atomic mass is 35.5. The van der Waals surface area contributed by atoms with Gasteiger partial charge in [0.25, 0.3) is 0 Å². The van der Waals surface area contributed by atoms with Gasteiger partial charge in [0.1, 0.15) is 0 Å². The van der Waals surface area contributed by atoms with Gasteiger partial charge in [0, 0.05) is 5.02 Å². The molecule has 0 amide bonds. The Bertz CT molecular complexity index is 373. The molecule has 1 aliphatic carbocycles. The molecule has 2 unspecified atom stereocenters. The minimum absolute atomic E-state index is 0.0229. The molecule has 0 saturated heterocycles. The summed E-state index contributed by atoms with van der Waals surface area (Å²) in [7, 11) is 0. The first kappa shape index (κ1) is 10.5. The van der Waals surface area contributed by atoms with Crippen molar-refractivity contribution in [3.05, 3.63) is 34.9 Å². The van der Waals surface area contributed by atoms with E-state index < -0.39 is 0 Å². The Kier molecular flexibility index (Phi) is 2.98. The number of hydrogen-bond donors (Lipinski definition) is 0. The lowest BCUT2D eigenvalue weighted by atomic mass is 9.85. The first-order valence-corrected chi connectivity index (χ1v) is 5.75. The van der Waals surface area contributed by atoms with Crippen LogP contribution in [0.2, 0.25) is 5.02 Å². The molecule has 2 rings (SSSR count). The summed E-state index contributed by atoms with van der Waals surface area (Å²) in [5.41, 5.74) is 1.10. The molecule has 1 saturated carbocycles. The van der Waals surface area contributed by atoms with Crippen LogP contribution in [0.3, 0.4) is 0 Å². The fourth-order valence-corrected chi connectivity index (χ4v) is 2.19. The number of halogens is 1. The van der Waals surface area contributed by atoms with Gasteiger partial charge in [-0.15, -0.1) is 0 Å². The summed E-state index contributed by atoms with van der Waals surface area (Å²) >= 11 is 5.83. The zero-order valence-corrected chi connectivity index (χ0v) is 9.54. The number of nitriles is 1. The van der Waals surface area contributed by atoms with Gasteiger partial charge in [-0.1, -0.05) is 30.7 Å². The lowest BCUT2D eigenvalue weighted by Crippen LogP contribution is -2.09. The Balaban J connectivity index is 2.19. The molecule has 1 fully saturated rings. The molecule has 1 aromatic carbocycles. The number of rotatable bonds is 3. The fourth-order valence-electron chi connectivity index (χ4n) is 2.06. The molecule has 0 aliphatic heterocycles. The molecule has 1 nitrogen and oxygen atoms in total. The number of hydrogen-bond acceptors (Lipinski definition) is 1. The van der Waals surface area contributed by atoms with E-state index in [1.165, 1.54) is 12.8 Å². The third-order valence-electron chi connectivity index (χ3n) is 3.26. The van der Waals surface area contributed by atoms with E-state index >= 15 is 0 Å². The normalized spacial score (nSPS) is 19.3. The lowest BCUT2D eigenvalue weighted by molar-refractivity contribution is 0.467. The van der Waals surface area contributed by atoms with Gasteiger partial charge < -0.3 is 0 Å². The molecule has 2 atom stereocenters. The molecule has 0 spiro atoms. The van der Waals surface area contributed by atoms with Crippen molar-refractivity contribution in [2.75, 3.05) is 0 Å². The minimum atomic E-state index is 0.0229. The zero-order valence-electron chi connectivity index (χ0n) is 8.78. The SMILES string of the molecule is CC(C1CC1)C(C#N)c1ccc(Cl)cc1. The van der Waals surface area contributed by atoms with Crippen LogP contribution in [-0.4, -0.2) is 0 Å². The Morgan fingerprint density at radius 3 is 2.40 bits per heavy atom. The maximum Gasteiger partial charge on any atom is 0.0740 e. The Morgan fingerprint density at radius 1 is 1.33 bits per heavy atom. The van der Waals surface area contributed by atoms with Crippen molar-refractivity contribution in [3.8, 4) is 6.07 Å². The molecule has 1 aliphatic rings. The van der Waals surface area contributed by atoms with Gasteiger partial charge in [-0.3, -0.25) is 0 Å². The molecule has 0 aromatic heterocycles. The third-order valence-corrected chi connectivity index (χ3v) is 3.51. The van der Waals surface area contributed by atoms with E-state index in [0.29, 0.717) is 5.92 Å². The van der Waals surface area contributed by atoms with Crippen LogP contribution in [0.25, 0.3) is 0 Å². The van der Waals surface area contributed by atoms with Crippen molar-refractivity contribution in [1.82, 2.24) is 0 Å². The minimum Gasteiger partial charge on any atom is -0.198 e. The summed E-state index contributed by atoms with van der Waals surface area (Å²) < 4.78 is 0. The molecule has 0 radical (unpaired) electrons. The van der Waals surface area contributed by atoms with Crippen LogP contribution in [-0.2, 0) is 0 Å². The first-order chi connectivity index (χ1) is 7.22. The molecule has 0 bridgehead atoms. The highest BCUT2D eigenvalue weighted by Gasteiger charge is 2.33. The topological polar surface area (TPSA) is 23.8 Å². The van der Waals surface area contributed by atoms with Gasteiger partial charge in [-0.05, 0) is 42.4 Å². The summed E-state index contributed by atoms with van der Waals surface area (Å²) in [5.74, 6) is 1.25. The van der Waals surface area contributed by atoms with Gasteiger partial charge in [0.05, 0.1) is 12.0 Å². The molecule has 2 heteroatoms. The Hall–Kier alpha value is -1.00. The quantitative estimate of drug-likeness (QED) is 0.754. The monoisotopic (exact) mass is 219 g/mol. The summed E-state index contributed by atoms with van der Waals surface area (Å²) in [5, 5.41) is 9.94. The van der Waals surface area contributed by atoms with E-state index in [1.807, 2.05) is 24.3 Å². The van der Waals surface area contributed by atoms with E-state index in [4.69, 9.17) is 11.6 Å². The van der Waals surface area contributed by atoms with Gasteiger partial charge in [0.2, 0.25) is 0 Å². The zero-order chi connectivity index (χ0) is 10.8. The molecule has 1 aromatic rings. The molecule has 15 heavy (non-hydrogen) atoms. The molecule has 0 heterocycles. The van der Waals surface area contributed by atoms with Crippen molar-refractivity contribution in [2.45, 2.75) is 25.7 Å². The number of benzene rings is 1. The van der Waals surface area contributed by atoms with Gasteiger partial charge in [-0.2, -0.15) is 5.26 Å². The van der Waals surface area contributed by atoms with Crippen molar-refractivity contribution in [3.63, 3.8) is 0 Å². The summed E-state index contributed by atoms with van der Waals surface area (Å²) in [4.78, 5) is 0. The maximum absolute atomic E-state index is 9.21. The fraction of sp³-hybridized carbons (Fsp3) is 0.462. The van der Waals surface area contributed by atoms with Crippen LogP contribution in [0, 0.1) is 23.2 Å². The van der Waals surface area contributed by atoms with Gasteiger partial charge in [-0.25, -0.2) is 0 Å². The van der Waals surface area contributed by atoms with E-state index in [-0.39, 0.29) is 5.92 Å². The standard InChI is InChI=1S/C13H14ClN/c1-9(10-2-3-10)13(8-15)11-4-6-12(14)7-5-11/h4-7,9-10,13H,2-3H2,1H3. The average molecular weight is 220 g/mol. The highest BCUT2D eigenvalue weighted by Crippen LogP contribution is 2.43. The highest BCUT2D eigenvalue weighted by molar-refractivity contribution is 6.30. The summed E-state index contributed by atoms with van der Waals surface area (Å²) in [6.45, 7) is 2.18. The van der Waals surface area contributed by atoms with Crippen molar-refractivity contribution < 1.29 is 0 Å². The Morgan fingerprint density at radius 2 is 1.93 bits per heavy atom. The third kappa shape index (κ3) is 2.33. The largest absolute Gasteiger partial charge is 0.198 e. The summed E-state index contributed by atoms with van der Waals surface area (Å²) in [6.07, 6.45) is 2.57. The lowest BCUT2D eigenvalue weighted by Gasteiger charge is -2.17. The second-order valence-electron chi connectivity index (χ2n) is 4.35. The Labute approximate surface area is 95.7 Å². The molecule has 78 valence electrons. The second-order valence-corrected chi connectivity index (χ2v) is 4.79. The van der Waals surface area contributed by atoms with E-state index in [9.17, 15) is 5.26 Å². The second kappa shape index (κ2) is 4.24. The van der Waals surface area contributed by atoms with E-state index in [0.717, 1.165) is 16.5 Å². The van der Waals surface area contributed by atoms with Crippen molar-refractivity contribution in [2.24, 2.45) is 11.8 Å². The number of nitrogens with zero attached hydrogens (tertiary/aromatic N) is 1. The summed E-state index contributed by atoms with van der Waals surface area (Å²) in [6, 6.07) is 10.1. The molecular weight excluding hydrogens is 206 g/mol. The van der Waals surface area contributed by atoms with Crippen LogP contribution in [0.15, 0.2) is 24.3 Å². The van der Waals surface area contributed by atoms with Crippen LogP contribution in [0.4, 0.5) is 0 Å². The van der Waals surface area contributed by atoms with Crippen molar-refractivity contribution >= 4 is 11.6 Å². The van der Waals surface area contributed by atoms with Crippen LogP contribution in [0.5, 0.6) is 0 Å². The molecular formula is C13H14ClN. The average Bonchev–Trinajstić information content (AvgIpc) is 3.05. The maximum atomic E-state index is 9.21. The van der Waals surface area contributed by atoms with Crippen molar-refractivity contribution in [1.29, 1.82) is 5.26 Å². The predicted molar refractivity (Wildman–Crippen MR) is 61.7 cm³/mol. The van der Waals surface area contributed by atoms with Gasteiger partial charge in [0.15, 0.2) is 0 Å².